The Kier molecular flexibility index (Phi) is 6.56. The first-order chi connectivity index (χ1) is 12.3. The van der Waals surface area contributed by atoms with Gasteiger partial charge in [-0.2, -0.15) is 0 Å². The molecule has 1 N–H and O–H groups in total. The third-order valence-corrected chi connectivity index (χ3v) is 5.18. The molecule has 134 valence electrons. The van der Waals surface area contributed by atoms with Gasteiger partial charge in [-0.05, 0) is 68.2 Å². The number of piperidine rings is 1. The largest absolute Gasteiger partial charge is 0.396 e. The van der Waals surface area contributed by atoms with E-state index in [-0.39, 0.29) is 6.61 Å². The average Bonchev–Trinajstić information content (AvgIpc) is 2.67. The predicted molar refractivity (Wildman–Crippen MR) is 102 cm³/mol. The minimum atomic E-state index is 0.288. The lowest BCUT2D eigenvalue weighted by Gasteiger charge is -2.36. The molecule has 3 rings (SSSR count). The highest BCUT2D eigenvalue weighted by Crippen LogP contribution is 2.22. The SMILES string of the molecule is CN(CCCO)C1CCN(Cc2cccc(-c3cccnc3)c2)CC1. The van der Waals surface area contributed by atoms with E-state index in [1.807, 2.05) is 18.5 Å². The predicted octanol–water partition coefficient (Wildman–Crippen LogP) is 3.03. The zero-order valence-corrected chi connectivity index (χ0v) is 15.1. The van der Waals surface area contributed by atoms with Gasteiger partial charge in [0.15, 0.2) is 0 Å². The van der Waals surface area contributed by atoms with Gasteiger partial charge in [0.25, 0.3) is 0 Å². The molecule has 1 saturated heterocycles. The highest BCUT2D eigenvalue weighted by atomic mass is 16.3. The molecule has 1 fully saturated rings. The number of likely N-dealkylation sites (tertiary alicyclic amines) is 1. The van der Waals surface area contributed by atoms with Gasteiger partial charge in [0.1, 0.15) is 0 Å². The highest BCUT2D eigenvalue weighted by Gasteiger charge is 2.22. The van der Waals surface area contributed by atoms with Gasteiger partial charge in [-0.3, -0.25) is 9.88 Å². The molecule has 0 atom stereocenters. The molecule has 0 aliphatic carbocycles. The number of aliphatic hydroxyl groups excluding tert-OH is 1. The fourth-order valence-corrected chi connectivity index (χ4v) is 3.66. The lowest BCUT2D eigenvalue weighted by molar-refractivity contribution is 0.117. The van der Waals surface area contributed by atoms with Crippen molar-refractivity contribution in [1.29, 1.82) is 0 Å². The third-order valence-electron chi connectivity index (χ3n) is 5.18. The van der Waals surface area contributed by atoms with Crippen LogP contribution >= 0.6 is 0 Å². The van der Waals surface area contributed by atoms with Crippen molar-refractivity contribution in [1.82, 2.24) is 14.8 Å². The van der Waals surface area contributed by atoms with Crippen molar-refractivity contribution < 1.29 is 5.11 Å². The summed E-state index contributed by atoms with van der Waals surface area (Å²) < 4.78 is 0. The summed E-state index contributed by atoms with van der Waals surface area (Å²) in [5.74, 6) is 0. The summed E-state index contributed by atoms with van der Waals surface area (Å²) >= 11 is 0. The van der Waals surface area contributed by atoms with Crippen LogP contribution in [0.2, 0.25) is 0 Å². The minimum absolute atomic E-state index is 0.288. The zero-order chi connectivity index (χ0) is 17.5. The van der Waals surface area contributed by atoms with Crippen LogP contribution in [0, 0.1) is 0 Å². The summed E-state index contributed by atoms with van der Waals surface area (Å²) in [4.78, 5) is 9.19. The first-order valence-corrected chi connectivity index (χ1v) is 9.29. The van der Waals surface area contributed by atoms with Crippen LogP contribution in [0.5, 0.6) is 0 Å². The van der Waals surface area contributed by atoms with Crippen LogP contribution in [-0.4, -0.2) is 59.2 Å². The Hall–Kier alpha value is -1.75. The molecule has 0 unspecified atom stereocenters. The molecule has 1 aromatic carbocycles. The summed E-state index contributed by atoms with van der Waals surface area (Å²) in [5, 5.41) is 8.99. The Morgan fingerprint density at radius 1 is 1.16 bits per heavy atom. The van der Waals surface area contributed by atoms with E-state index in [2.05, 4.69) is 52.2 Å². The molecule has 1 aliphatic heterocycles. The van der Waals surface area contributed by atoms with Crippen molar-refractivity contribution in [2.24, 2.45) is 0 Å². The maximum Gasteiger partial charge on any atom is 0.0443 e. The lowest BCUT2D eigenvalue weighted by atomic mass is 10.0. The Morgan fingerprint density at radius 2 is 1.96 bits per heavy atom. The number of rotatable bonds is 7. The normalized spacial score (nSPS) is 16.4. The number of hydrogen-bond donors (Lipinski definition) is 1. The Bertz CT molecular complexity index is 639. The maximum absolute atomic E-state index is 8.99. The van der Waals surface area contributed by atoms with Crippen LogP contribution in [0.3, 0.4) is 0 Å². The molecule has 25 heavy (non-hydrogen) atoms. The minimum Gasteiger partial charge on any atom is -0.396 e. The van der Waals surface area contributed by atoms with Gasteiger partial charge < -0.3 is 10.0 Å². The highest BCUT2D eigenvalue weighted by molar-refractivity contribution is 5.62. The number of benzene rings is 1. The summed E-state index contributed by atoms with van der Waals surface area (Å²) in [6.07, 6.45) is 7.04. The molecular weight excluding hydrogens is 310 g/mol. The molecule has 0 bridgehead atoms. The summed E-state index contributed by atoms with van der Waals surface area (Å²) in [6.45, 7) is 4.59. The molecule has 0 saturated carbocycles. The van der Waals surface area contributed by atoms with Crippen LogP contribution in [0.1, 0.15) is 24.8 Å². The van der Waals surface area contributed by atoms with E-state index in [1.54, 1.807) is 0 Å². The van der Waals surface area contributed by atoms with E-state index in [9.17, 15) is 0 Å². The molecule has 4 heteroatoms. The van der Waals surface area contributed by atoms with Gasteiger partial charge >= 0.3 is 0 Å². The molecule has 0 spiro atoms. The summed E-state index contributed by atoms with van der Waals surface area (Å²) in [5.41, 5.74) is 3.78. The smallest absolute Gasteiger partial charge is 0.0443 e. The van der Waals surface area contributed by atoms with E-state index < -0.39 is 0 Å². The molecule has 2 heterocycles. The maximum atomic E-state index is 8.99. The third kappa shape index (κ3) is 5.11. The number of hydrogen-bond acceptors (Lipinski definition) is 4. The fourth-order valence-electron chi connectivity index (χ4n) is 3.66. The van der Waals surface area contributed by atoms with Crippen LogP contribution in [0.25, 0.3) is 11.1 Å². The molecule has 0 radical (unpaired) electrons. The second-order valence-electron chi connectivity index (χ2n) is 7.01. The van der Waals surface area contributed by atoms with E-state index >= 15 is 0 Å². The topological polar surface area (TPSA) is 39.6 Å². The number of nitrogens with zero attached hydrogens (tertiary/aromatic N) is 3. The van der Waals surface area contributed by atoms with Crippen molar-refractivity contribution in [2.75, 3.05) is 33.3 Å². The second-order valence-corrected chi connectivity index (χ2v) is 7.01. The molecule has 0 amide bonds. The van der Waals surface area contributed by atoms with Crippen molar-refractivity contribution in [3.8, 4) is 11.1 Å². The Labute approximate surface area is 151 Å². The number of aromatic nitrogens is 1. The van der Waals surface area contributed by atoms with Crippen LogP contribution in [0.4, 0.5) is 0 Å². The standard InChI is InChI=1S/C21H29N3O/c1-23(11-4-14-25)21-8-12-24(13-9-21)17-18-5-2-6-19(15-18)20-7-3-10-22-16-20/h2-3,5-7,10,15-16,21,25H,4,8-9,11-14,17H2,1H3. The number of pyridine rings is 1. The monoisotopic (exact) mass is 339 g/mol. The van der Waals surface area contributed by atoms with Gasteiger partial charge in [0.05, 0.1) is 0 Å². The van der Waals surface area contributed by atoms with Crippen molar-refractivity contribution >= 4 is 0 Å². The first kappa shape index (κ1) is 18.1. The molecule has 4 nitrogen and oxygen atoms in total. The molecule has 1 aromatic heterocycles. The Balaban J connectivity index is 1.54. The van der Waals surface area contributed by atoms with E-state index in [0.717, 1.165) is 32.6 Å². The summed E-state index contributed by atoms with van der Waals surface area (Å²) in [6, 6.07) is 13.6. The second kappa shape index (κ2) is 9.09. The van der Waals surface area contributed by atoms with Crippen molar-refractivity contribution in [2.45, 2.75) is 31.8 Å². The molecule has 2 aromatic rings. The van der Waals surface area contributed by atoms with E-state index in [1.165, 1.54) is 29.5 Å². The van der Waals surface area contributed by atoms with Gasteiger partial charge in [-0.1, -0.05) is 24.3 Å². The van der Waals surface area contributed by atoms with Crippen LogP contribution in [0.15, 0.2) is 48.8 Å². The van der Waals surface area contributed by atoms with Crippen LogP contribution in [-0.2, 0) is 6.54 Å². The van der Waals surface area contributed by atoms with Crippen molar-refractivity contribution in [3.05, 3.63) is 54.4 Å². The first-order valence-electron chi connectivity index (χ1n) is 9.29. The van der Waals surface area contributed by atoms with Gasteiger partial charge in [-0.25, -0.2) is 0 Å². The molecular formula is C21H29N3O. The van der Waals surface area contributed by atoms with E-state index in [4.69, 9.17) is 5.11 Å². The van der Waals surface area contributed by atoms with Crippen LogP contribution < -0.4 is 0 Å². The fraction of sp³-hybridized carbons (Fsp3) is 0.476. The molecule has 1 aliphatic rings. The lowest BCUT2D eigenvalue weighted by Crippen LogP contribution is -2.43. The Morgan fingerprint density at radius 3 is 2.68 bits per heavy atom. The van der Waals surface area contributed by atoms with Crippen molar-refractivity contribution in [3.63, 3.8) is 0 Å². The zero-order valence-electron chi connectivity index (χ0n) is 15.1. The van der Waals surface area contributed by atoms with Gasteiger partial charge in [0, 0.05) is 38.1 Å². The van der Waals surface area contributed by atoms with Gasteiger partial charge in [-0.15, -0.1) is 0 Å². The average molecular weight is 339 g/mol. The summed E-state index contributed by atoms with van der Waals surface area (Å²) in [7, 11) is 2.19. The quantitative estimate of drug-likeness (QED) is 0.842. The van der Waals surface area contributed by atoms with E-state index in [0.29, 0.717) is 6.04 Å². The van der Waals surface area contributed by atoms with Gasteiger partial charge in [0.2, 0.25) is 0 Å². The number of aliphatic hydroxyl groups is 1.